The molecule has 0 radical (unpaired) electrons. The fourth-order valence-electron chi connectivity index (χ4n) is 1.70. The van der Waals surface area contributed by atoms with Crippen LogP contribution in [0.5, 0.6) is 5.75 Å². The van der Waals surface area contributed by atoms with Crippen LogP contribution in [0.15, 0.2) is 24.3 Å². The Morgan fingerprint density at radius 1 is 1.41 bits per heavy atom. The van der Waals surface area contributed by atoms with E-state index in [0.29, 0.717) is 5.56 Å². The highest BCUT2D eigenvalue weighted by Crippen LogP contribution is 2.20. The molecule has 0 bridgehead atoms. The van der Waals surface area contributed by atoms with Gasteiger partial charge in [-0.2, -0.15) is 8.78 Å². The lowest BCUT2D eigenvalue weighted by molar-refractivity contribution is -0.137. The summed E-state index contributed by atoms with van der Waals surface area (Å²) in [5, 5.41) is 11.2. The molecule has 0 aliphatic rings. The first-order valence-electron chi connectivity index (χ1n) is 6.57. The van der Waals surface area contributed by atoms with Crippen LogP contribution in [0, 0.1) is 0 Å². The van der Waals surface area contributed by atoms with Gasteiger partial charge in [-0.3, -0.25) is 4.79 Å². The second-order valence-electron chi connectivity index (χ2n) is 4.69. The minimum absolute atomic E-state index is 0.00725. The van der Waals surface area contributed by atoms with Crippen LogP contribution in [0.25, 0.3) is 0 Å². The SMILES string of the molecule is CC(NC(=O)N(C)CCC(=O)O)c1cccc(OC(F)F)c1. The zero-order chi connectivity index (χ0) is 16.7. The Hall–Kier alpha value is -2.38. The van der Waals surface area contributed by atoms with Crippen molar-refractivity contribution in [2.45, 2.75) is 26.0 Å². The van der Waals surface area contributed by atoms with Crippen LogP contribution in [-0.2, 0) is 4.79 Å². The minimum atomic E-state index is -2.91. The molecule has 0 spiro atoms. The molecule has 1 rings (SSSR count). The molecule has 0 aromatic heterocycles. The molecule has 1 aromatic carbocycles. The standard InChI is InChI=1S/C14H18F2N2O4/c1-9(17-14(21)18(2)7-6-12(19)20)10-4-3-5-11(8-10)22-13(15)16/h3-5,8-9,13H,6-7H2,1-2H3,(H,17,21)(H,19,20). The van der Waals surface area contributed by atoms with Gasteiger partial charge in [-0.1, -0.05) is 12.1 Å². The Balaban J connectivity index is 2.62. The smallest absolute Gasteiger partial charge is 0.387 e. The summed E-state index contributed by atoms with van der Waals surface area (Å²) in [5.74, 6) is -0.989. The van der Waals surface area contributed by atoms with Gasteiger partial charge < -0.3 is 20.1 Å². The zero-order valence-corrected chi connectivity index (χ0v) is 12.3. The highest BCUT2D eigenvalue weighted by Gasteiger charge is 2.15. The van der Waals surface area contributed by atoms with Crippen molar-refractivity contribution in [2.24, 2.45) is 0 Å². The molecule has 22 heavy (non-hydrogen) atoms. The number of hydrogen-bond acceptors (Lipinski definition) is 3. The van der Waals surface area contributed by atoms with Gasteiger partial charge in [0.1, 0.15) is 5.75 Å². The Kier molecular flexibility index (Phi) is 6.55. The number of nitrogens with zero attached hydrogens (tertiary/aromatic N) is 1. The maximum absolute atomic E-state index is 12.2. The first-order valence-corrected chi connectivity index (χ1v) is 6.57. The number of amides is 2. The van der Waals surface area contributed by atoms with E-state index >= 15 is 0 Å². The van der Waals surface area contributed by atoms with E-state index in [0.717, 1.165) is 0 Å². The predicted molar refractivity (Wildman–Crippen MR) is 74.9 cm³/mol. The molecule has 1 atom stereocenters. The first-order chi connectivity index (χ1) is 10.3. The average molecular weight is 316 g/mol. The van der Waals surface area contributed by atoms with E-state index in [4.69, 9.17) is 5.11 Å². The fourth-order valence-corrected chi connectivity index (χ4v) is 1.70. The Morgan fingerprint density at radius 3 is 2.68 bits per heavy atom. The largest absolute Gasteiger partial charge is 0.481 e. The number of nitrogens with one attached hydrogen (secondary N) is 1. The summed E-state index contributed by atoms with van der Waals surface area (Å²) in [6.07, 6.45) is -0.157. The summed E-state index contributed by atoms with van der Waals surface area (Å²) in [6.45, 7) is -1.16. The molecule has 0 saturated carbocycles. The van der Waals surface area contributed by atoms with Crippen LogP contribution < -0.4 is 10.1 Å². The number of hydrogen-bond donors (Lipinski definition) is 2. The molecule has 0 heterocycles. The van der Waals surface area contributed by atoms with E-state index in [1.54, 1.807) is 19.1 Å². The molecule has 0 fully saturated rings. The monoisotopic (exact) mass is 316 g/mol. The van der Waals surface area contributed by atoms with Crippen LogP contribution in [-0.4, -0.2) is 42.2 Å². The van der Waals surface area contributed by atoms with Crippen LogP contribution in [0.1, 0.15) is 24.9 Å². The van der Waals surface area contributed by atoms with Crippen LogP contribution in [0.4, 0.5) is 13.6 Å². The lowest BCUT2D eigenvalue weighted by atomic mass is 10.1. The summed E-state index contributed by atoms with van der Waals surface area (Å²) >= 11 is 0. The van der Waals surface area contributed by atoms with Gasteiger partial charge >= 0.3 is 18.6 Å². The van der Waals surface area contributed by atoms with Gasteiger partial charge in [0.2, 0.25) is 0 Å². The summed E-state index contributed by atoms with van der Waals surface area (Å²) in [5.41, 5.74) is 0.595. The lowest BCUT2D eigenvalue weighted by Gasteiger charge is -2.21. The Morgan fingerprint density at radius 2 is 2.09 bits per heavy atom. The molecule has 6 nitrogen and oxygen atoms in total. The summed E-state index contributed by atoms with van der Waals surface area (Å²) < 4.78 is 28.6. The average Bonchev–Trinajstić information content (AvgIpc) is 2.44. The molecule has 1 unspecified atom stereocenters. The molecule has 122 valence electrons. The summed E-state index contributed by atoms with van der Waals surface area (Å²) in [7, 11) is 1.47. The first kappa shape index (κ1) is 17.7. The fraction of sp³-hybridized carbons (Fsp3) is 0.429. The van der Waals surface area contributed by atoms with Gasteiger partial charge in [-0.05, 0) is 24.6 Å². The van der Waals surface area contributed by atoms with Crippen molar-refractivity contribution >= 4 is 12.0 Å². The van der Waals surface area contributed by atoms with E-state index in [2.05, 4.69) is 10.1 Å². The second-order valence-corrected chi connectivity index (χ2v) is 4.69. The number of alkyl halides is 2. The second kappa shape index (κ2) is 8.16. The highest BCUT2D eigenvalue weighted by molar-refractivity contribution is 5.75. The van der Waals surface area contributed by atoms with E-state index in [1.165, 1.54) is 24.1 Å². The third-order valence-electron chi connectivity index (χ3n) is 2.93. The molecule has 8 heteroatoms. The number of benzene rings is 1. The maximum atomic E-state index is 12.2. The van der Waals surface area contributed by atoms with Gasteiger partial charge in [0.05, 0.1) is 12.5 Å². The minimum Gasteiger partial charge on any atom is -0.481 e. The quantitative estimate of drug-likeness (QED) is 0.810. The van der Waals surface area contributed by atoms with E-state index in [9.17, 15) is 18.4 Å². The van der Waals surface area contributed by atoms with Gasteiger partial charge in [-0.25, -0.2) is 4.79 Å². The van der Waals surface area contributed by atoms with Gasteiger partial charge in [0.15, 0.2) is 0 Å². The molecule has 0 aliphatic carbocycles. The topological polar surface area (TPSA) is 78.9 Å². The van der Waals surface area contributed by atoms with Crippen molar-refractivity contribution in [3.05, 3.63) is 29.8 Å². The number of ether oxygens (including phenoxy) is 1. The number of halogens is 2. The highest BCUT2D eigenvalue weighted by atomic mass is 19.3. The third-order valence-corrected chi connectivity index (χ3v) is 2.93. The Bertz CT molecular complexity index is 525. The number of carboxylic acid groups (broad SMARTS) is 1. The van der Waals surface area contributed by atoms with Gasteiger partial charge in [-0.15, -0.1) is 0 Å². The van der Waals surface area contributed by atoms with Crippen molar-refractivity contribution < 1.29 is 28.2 Å². The third kappa shape index (κ3) is 5.94. The molecule has 2 N–H and O–H groups in total. The van der Waals surface area contributed by atoms with E-state index < -0.39 is 24.7 Å². The molecule has 0 saturated heterocycles. The molecular formula is C14H18F2N2O4. The number of carbonyl (C=O) groups is 2. The van der Waals surface area contributed by atoms with Crippen molar-refractivity contribution in [3.63, 3.8) is 0 Å². The zero-order valence-electron chi connectivity index (χ0n) is 12.3. The van der Waals surface area contributed by atoms with Crippen molar-refractivity contribution in [1.29, 1.82) is 0 Å². The summed E-state index contributed by atoms with van der Waals surface area (Å²) in [6, 6.07) is 5.12. The molecule has 0 aliphatic heterocycles. The molecule has 2 amide bonds. The number of carbonyl (C=O) groups excluding carboxylic acids is 1. The van der Waals surface area contributed by atoms with E-state index in [1.807, 2.05) is 0 Å². The van der Waals surface area contributed by atoms with Gasteiger partial charge in [0.25, 0.3) is 0 Å². The number of urea groups is 1. The summed E-state index contributed by atoms with van der Waals surface area (Å²) in [4.78, 5) is 23.6. The van der Waals surface area contributed by atoms with Crippen molar-refractivity contribution in [3.8, 4) is 5.75 Å². The predicted octanol–water partition coefficient (Wildman–Crippen LogP) is 2.47. The van der Waals surface area contributed by atoms with Crippen LogP contribution in [0.2, 0.25) is 0 Å². The van der Waals surface area contributed by atoms with Gasteiger partial charge in [0, 0.05) is 13.6 Å². The van der Waals surface area contributed by atoms with Crippen molar-refractivity contribution in [2.75, 3.05) is 13.6 Å². The number of aliphatic carboxylic acids is 1. The van der Waals surface area contributed by atoms with E-state index in [-0.39, 0.29) is 18.7 Å². The lowest BCUT2D eigenvalue weighted by Crippen LogP contribution is -2.39. The number of rotatable bonds is 7. The maximum Gasteiger partial charge on any atom is 0.387 e. The number of carboxylic acids is 1. The molecule has 1 aromatic rings. The van der Waals surface area contributed by atoms with Crippen molar-refractivity contribution in [1.82, 2.24) is 10.2 Å². The van der Waals surface area contributed by atoms with Crippen LogP contribution in [0.3, 0.4) is 0 Å². The molecular weight excluding hydrogens is 298 g/mol. The van der Waals surface area contributed by atoms with Crippen LogP contribution >= 0.6 is 0 Å². The Labute approximate surface area is 126 Å². The normalized spacial score (nSPS) is 11.9.